The fourth-order valence-corrected chi connectivity index (χ4v) is 1.96. The summed E-state index contributed by atoms with van der Waals surface area (Å²) < 4.78 is 5.19. The molecule has 13 heavy (non-hydrogen) atoms. The summed E-state index contributed by atoms with van der Waals surface area (Å²) in [5.41, 5.74) is 0. The maximum Gasteiger partial charge on any atom is 0.0599 e. The second kappa shape index (κ2) is 6.01. The van der Waals surface area contributed by atoms with Gasteiger partial charge in [0.05, 0.1) is 13.2 Å². The predicted molar refractivity (Wildman–Crippen MR) is 54.5 cm³/mol. The molecule has 0 aromatic heterocycles. The number of ether oxygens (including phenoxy) is 1. The van der Waals surface area contributed by atoms with Gasteiger partial charge in [0.2, 0.25) is 0 Å². The van der Waals surface area contributed by atoms with Crippen LogP contribution < -0.4 is 0 Å². The van der Waals surface area contributed by atoms with E-state index in [1.807, 2.05) is 0 Å². The van der Waals surface area contributed by atoms with Crippen molar-refractivity contribution >= 4 is 0 Å². The maximum absolute atomic E-state index is 5.31. The predicted octanol–water partition coefficient (Wildman–Crippen LogP) is 1.37. The number of nitrogens with zero attached hydrogens (tertiary/aromatic N) is 1. The molecule has 0 aromatic carbocycles. The van der Waals surface area contributed by atoms with Gasteiger partial charge in [0.1, 0.15) is 0 Å². The van der Waals surface area contributed by atoms with E-state index in [1.54, 1.807) is 7.11 Å². The summed E-state index contributed by atoms with van der Waals surface area (Å²) in [6.07, 6.45) is 9.19. The summed E-state index contributed by atoms with van der Waals surface area (Å²) in [6, 6.07) is 0. The highest BCUT2D eigenvalue weighted by molar-refractivity contribution is 4.89. The van der Waals surface area contributed by atoms with Gasteiger partial charge in [-0.25, -0.2) is 0 Å². The molecule has 1 saturated heterocycles. The second-order valence-corrected chi connectivity index (χ2v) is 3.76. The molecule has 74 valence electrons. The average molecular weight is 181 g/mol. The quantitative estimate of drug-likeness (QED) is 0.610. The van der Waals surface area contributed by atoms with Crippen LogP contribution in [0.4, 0.5) is 0 Å². The Hall–Kier alpha value is -0.520. The number of rotatable bonds is 3. The van der Waals surface area contributed by atoms with Crippen LogP contribution in [0.2, 0.25) is 0 Å². The zero-order chi connectivity index (χ0) is 9.52. The molecule has 2 heteroatoms. The van der Waals surface area contributed by atoms with Crippen LogP contribution in [0.15, 0.2) is 0 Å². The van der Waals surface area contributed by atoms with Crippen molar-refractivity contribution in [2.45, 2.75) is 19.3 Å². The first-order valence-corrected chi connectivity index (χ1v) is 5.01. The zero-order valence-corrected chi connectivity index (χ0v) is 8.46. The third kappa shape index (κ3) is 3.80. The minimum Gasteiger partial charge on any atom is -0.384 e. The van der Waals surface area contributed by atoms with E-state index in [-0.39, 0.29) is 0 Å². The van der Waals surface area contributed by atoms with Gasteiger partial charge in [0.15, 0.2) is 0 Å². The standard InChI is InChI=1S/C11H19NO/c1-3-7-12-8-5-4-6-11(9-12)10-13-2/h1,11H,4-10H2,2H3. The average Bonchev–Trinajstić information content (AvgIpc) is 2.32. The first kappa shape index (κ1) is 10.6. The first-order valence-electron chi connectivity index (χ1n) is 5.01. The van der Waals surface area contributed by atoms with Gasteiger partial charge in [0, 0.05) is 13.7 Å². The molecule has 0 saturated carbocycles. The van der Waals surface area contributed by atoms with E-state index in [4.69, 9.17) is 11.2 Å². The molecule has 0 N–H and O–H groups in total. The van der Waals surface area contributed by atoms with Gasteiger partial charge in [-0.15, -0.1) is 6.42 Å². The fraction of sp³-hybridized carbons (Fsp3) is 0.818. The third-order valence-corrected chi connectivity index (χ3v) is 2.57. The van der Waals surface area contributed by atoms with Gasteiger partial charge in [0.25, 0.3) is 0 Å². The van der Waals surface area contributed by atoms with Crippen LogP contribution in [-0.2, 0) is 4.74 Å². The van der Waals surface area contributed by atoms with E-state index in [1.165, 1.54) is 19.3 Å². The molecule has 0 bridgehead atoms. The maximum atomic E-state index is 5.31. The Morgan fingerprint density at radius 3 is 3.08 bits per heavy atom. The van der Waals surface area contributed by atoms with Gasteiger partial charge in [-0.3, -0.25) is 4.90 Å². The van der Waals surface area contributed by atoms with E-state index in [2.05, 4.69) is 10.8 Å². The van der Waals surface area contributed by atoms with Crippen molar-refractivity contribution < 1.29 is 4.74 Å². The van der Waals surface area contributed by atoms with Crippen LogP contribution in [0, 0.1) is 18.3 Å². The molecule has 0 aliphatic carbocycles. The first-order chi connectivity index (χ1) is 6.36. The van der Waals surface area contributed by atoms with Gasteiger partial charge in [-0.1, -0.05) is 12.3 Å². The van der Waals surface area contributed by atoms with Gasteiger partial charge in [-0.2, -0.15) is 0 Å². The van der Waals surface area contributed by atoms with Crippen molar-refractivity contribution in [3.05, 3.63) is 0 Å². The second-order valence-electron chi connectivity index (χ2n) is 3.76. The lowest BCUT2D eigenvalue weighted by Crippen LogP contribution is -2.30. The lowest BCUT2D eigenvalue weighted by Gasteiger charge is -2.21. The highest BCUT2D eigenvalue weighted by atomic mass is 16.5. The molecule has 0 amide bonds. The molecule has 0 aromatic rings. The molecule has 2 nitrogen and oxygen atoms in total. The molecule has 1 heterocycles. The Labute approximate surface area is 81.3 Å². The molecule has 1 unspecified atom stereocenters. The Balaban J connectivity index is 2.35. The highest BCUT2D eigenvalue weighted by Crippen LogP contribution is 2.16. The highest BCUT2D eigenvalue weighted by Gasteiger charge is 2.16. The molecule has 1 rings (SSSR count). The van der Waals surface area contributed by atoms with Crippen LogP contribution in [0.25, 0.3) is 0 Å². The lowest BCUT2D eigenvalue weighted by molar-refractivity contribution is 0.130. The van der Waals surface area contributed by atoms with E-state index in [0.29, 0.717) is 5.92 Å². The fourth-order valence-electron chi connectivity index (χ4n) is 1.96. The van der Waals surface area contributed by atoms with Crippen molar-refractivity contribution in [1.29, 1.82) is 0 Å². The molecular formula is C11H19NO. The topological polar surface area (TPSA) is 12.5 Å². The summed E-state index contributed by atoms with van der Waals surface area (Å²) >= 11 is 0. The van der Waals surface area contributed by atoms with E-state index >= 15 is 0 Å². The number of hydrogen-bond acceptors (Lipinski definition) is 2. The Kier molecular flexibility index (Phi) is 4.88. The number of likely N-dealkylation sites (tertiary alicyclic amines) is 1. The van der Waals surface area contributed by atoms with Gasteiger partial charge >= 0.3 is 0 Å². The number of methoxy groups -OCH3 is 1. The van der Waals surface area contributed by atoms with Crippen molar-refractivity contribution in [2.75, 3.05) is 33.4 Å². The Morgan fingerprint density at radius 2 is 2.38 bits per heavy atom. The largest absolute Gasteiger partial charge is 0.384 e. The molecule has 1 atom stereocenters. The van der Waals surface area contributed by atoms with Crippen molar-refractivity contribution in [1.82, 2.24) is 4.90 Å². The molecule has 1 fully saturated rings. The molecule has 1 aliphatic heterocycles. The van der Waals surface area contributed by atoms with Crippen molar-refractivity contribution in [3.8, 4) is 12.3 Å². The molecule has 0 radical (unpaired) electrons. The normalized spacial score (nSPS) is 25.1. The van der Waals surface area contributed by atoms with Crippen molar-refractivity contribution in [3.63, 3.8) is 0 Å². The molecular weight excluding hydrogens is 162 g/mol. The Bertz CT molecular complexity index is 173. The van der Waals surface area contributed by atoms with Gasteiger partial charge < -0.3 is 4.74 Å². The Morgan fingerprint density at radius 1 is 1.54 bits per heavy atom. The van der Waals surface area contributed by atoms with E-state index < -0.39 is 0 Å². The number of hydrogen-bond donors (Lipinski definition) is 0. The monoisotopic (exact) mass is 181 g/mol. The van der Waals surface area contributed by atoms with Crippen molar-refractivity contribution in [2.24, 2.45) is 5.92 Å². The minimum atomic E-state index is 0.681. The summed E-state index contributed by atoms with van der Waals surface area (Å²) in [7, 11) is 1.77. The van der Waals surface area contributed by atoms with E-state index in [0.717, 1.165) is 26.2 Å². The smallest absolute Gasteiger partial charge is 0.0599 e. The van der Waals surface area contributed by atoms with Crippen LogP contribution in [0.3, 0.4) is 0 Å². The van der Waals surface area contributed by atoms with Crippen LogP contribution in [0.5, 0.6) is 0 Å². The third-order valence-electron chi connectivity index (χ3n) is 2.57. The zero-order valence-electron chi connectivity index (χ0n) is 8.46. The molecule has 0 spiro atoms. The van der Waals surface area contributed by atoms with Crippen LogP contribution in [0.1, 0.15) is 19.3 Å². The van der Waals surface area contributed by atoms with Crippen LogP contribution >= 0.6 is 0 Å². The van der Waals surface area contributed by atoms with Gasteiger partial charge in [-0.05, 0) is 25.3 Å². The van der Waals surface area contributed by atoms with Crippen LogP contribution in [-0.4, -0.2) is 38.3 Å². The summed E-state index contributed by atoms with van der Waals surface area (Å²) in [5.74, 6) is 3.39. The van der Waals surface area contributed by atoms with E-state index in [9.17, 15) is 0 Å². The SMILES string of the molecule is C#CCN1CCCCC(COC)C1. The summed E-state index contributed by atoms with van der Waals surface area (Å²) in [6.45, 7) is 3.93. The minimum absolute atomic E-state index is 0.681. The number of terminal acetylenes is 1. The summed E-state index contributed by atoms with van der Waals surface area (Å²) in [4.78, 5) is 2.36. The molecule has 1 aliphatic rings. The summed E-state index contributed by atoms with van der Waals surface area (Å²) in [5, 5.41) is 0. The lowest BCUT2D eigenvalue weighted by atomic mass is 10.1.